The lowest BCUT2D eigenvalue weighted by atomic mass is 10.1. The lowest BCUT2D eigenvalue weighted by Crippen LogP contribution is -2.44. The molecule has 14 heteroatoms. The average molecular weight is 569 g/mol. The van der Waals surface area contributed by atoms with Gasteiger partial charge in [0.1, 0.15) is 6.54 Å². The standard InChI is InChI=1S/C26H26F6N6O2/c27-25(28,29)14-37-21-20(22(39)38(24(37)40)18-6-1-2-7-18)36(13-15-4-3-5-17(10-15)26(30,31)32)23(34-21)35-9-8-16-11-33-12-19(16)35/h3-5,10,12,16,18,33H,1-2,6-9,11,13-14H2. The highest BCUT2D eigenvalue weighted by atomic mass is 19.4. The van der Waals surface area contributed by atoms with Crippen molar-refractivity contribution >= 4 is 17.1 Å². The topological polar surface area (TPSA) is 77.1 Å². The summed E-state index contributed by atoms with van der Waals surface area (Å²) in [6.07, 6.45) is -4.53. The second-order valence-corrected chi connectivity index (χ2v) is 10.6. The molecule has 1 unspecified atom stereocenters. The molecule has 214 valence electrons. The molecule has 6 rings (SSSR count). The Morgan fingerprint density at radius 2 is 1.75 bits per heavy atom. The Balaban J connectivity index is 1.62. The van der Waals surface area contributed by atoms with E-state index in [-0.39, 0.29) is 29.5 Å². The van der Waals surface area contributed by atoms with E-state index in [1.54, 1.807) is 11.1 Å². The van der Waals surface area contributed by atoms with E-state index < -0.39 is 47.4 Å². The van der Waals surface area contributed by atoms with Gasteiger partial charge in [-0.05, 0) is 37.0 Å². The van der Waals surface area contributed by atoms with E-state index in [2.05, 4.69) is 10.3 Å². The third-order valence-electron chi connectivity index (χ3n) is 7.95. The molecular formula is C26H26F6N6O2. The zero-order valence-electron chi connectivity index (χ0n) is 21.2. The van der Waals surface area contributed by atoms with E-state index in [4.69, 9.17) is 0 Å². The van der Waals surface area contributed by atoms with Crippen LogP contribution in [-0.2, 0) is 19.3 Å². The fraction of sp³-hybridized carbons (Fsp3) is 0.500. The highest BCUT2D eigenvalue weighted by Gasteiger charge is 2.38. The first-order valence-electron chi connectivity index (χ1n) is 13.1. The normalized spacial score (nSPS) is 19.9. The Labute approximate surface area is 223 Å². The number of imidazole rings is 1. The summed E-state index contributed by atoms with van der Waals surface area (Å²) in [6.45, 7) is -0.804. The minimum absolute atomic E-state index is 0.112. The smallest absolute Gasteiger partial charge is 0.389 e. The molecule has 2 aliphatic heterocycles. The number of nitrogens with zero attached hydrogens (tertiary/aromatic N) is 5. The zero-order valence-corrected chi connectivity index (χ0v) is 21.2. The van der Waals surface area contributed by atoms with Gasteiger partial charge in [-0.3, -0.25) is 18.5 Å². The molecule has 1 aliphatic carbocycles. The minimum atomic E-state index is -4.78. The van der Waals surface area contributed by atoms with Crippen molar-refractivity contribution in [3.05, 3.63) is 68.1 Å². The summed E-state index contributed by atoms with van der Waals surface area (Å²) in [5.74, 6) is 0.232. The highest BCUT2D eigenvalue weighted by molar-refractivity contribution is 5.76. The lowest BCUT2D eigenvalue weighted by molar-refractivity contribution is -0.141. The quantitative estimate of drug-likeness (QED) is 0.463. The van der Waals surface area contributed by atoms with Gasteiger partial charge < -0.3 is 10.2 Å². The molecule has 3 aliphatic rings. The maximum Gasteiger partial charge on any atom is 0.416 e. The predicted octanol–water partition coefficient (Wildman–Crippen LogP) is 4.38. The Morgan fingerprint density at radius 1 is 1.00 bits per heavy atom. The van der Waals surface area contributed by atoms with E-state index in [1.807, 2.05) is 0 Å². The molecule has 3 aromatic rings. The van der Waals surface area contributed by atoms with Crippen LogP contribution in [0.3, 0.4) is 0 Å². The first-order valence-corrected chi connectivity index (χ1v) is 13.1. The molecule has 1 saturated carbocycles. The number of anilines is 1. The Morgan fingerprint density at radius 3 is 2.45 bits per heavy atom. The largest absolute Gasteiger partial charge is 0.416 e. The van der Waals surface area contributed by atoms with Gasteiger partial charge >= 0.3 is 18.0 Å². The Kier molecular flexibility index (Phi) is 6.26. The van der Waals surface area contributed by atoms with Crippen LogP contribution in [0.1, 0.15) is 49.3 Å². The first kappa shape index (κ1) is 26.5. The minimum Gasteiger partial charge on any atom is -0.389 e. The first-order chi connectivity index (χ1) is 18.9. The zero-order chi connectivity index (χ0) is 28.4. The van der Waals surface area contributed by atoms with Crippen molar-refractivity contribution < 1.29 is 26.3 Å². The van der Waals surface area contributed by atoms with E-state index in [0.717, 1.165) is 35.2 Å². The summed E-state index contributed by atoms with van der Waals surface area (Å²) in [7, 11) is 0. The molecule has 2 aromatic heterocycles. The van der Waals surface area contributed by atoms with E-state index in [0.29, 0.717) is 36.9 Å². The van der Waals surface area contributed by atoms with Crippen LogP contribution in [0.5, 0.6) is 0 Å². The van der Waals surface area contributed by atoms with Crippen LogP contribution in [0.15, 0.2) is 45.8 Å². The maximum absolute atomic E-state index is 13.9. The number of rotatable bonds is 5. The molecule has 1 aromatic carbocycles. The maximum atomic E-state index is 13.9. The number of hydrogen-bond acceptors (Lipinski definition) is 5. The summed E-state index contributed by atoms with van der Waals surface area (Å²) in [6, 6.07) is 3.99. The lowest BCUT2D eigenvalue weighted by Gasteiger charge is -2.21. The van der Waals surface area contributed by atoms with Crippen LogP contribution in [0.2, 0.25) is 0 Å². The van der Waals surface area contributed by atoms with Crippen LogP contribution in [-0.4, -0.2) is 38.0 Å². The molecule has 2 fully saturated rings. The van der Waals surface area contributed by atoms with Gasteiger partial charge in [0, 0.05) is 36.9 Å². The molecule has 4 heterocycles. The van der Waals surface area contributed by atoms with E-state index in [1.165, 1.54) is 16.7 Å². The van der Waals surface area contributed by atoms with Crippen LogP contribution >= 0.6 is 0 Å². The number of nitrogens with one attached hydrogen (secondary N) is 1. The molecular weight excluding hydrogens is 542 g/mol. The molecule has 8 nitrogen and oxygen atoms in total. The second-order valence-electron chi connectivity index (χ2n) is 10.6. The van der Waals surface area contributed by atoms with Gasteiger partial charge in [0.2, 0.25) is 5.95 Å². The summed E-state index contributed by atoms with van der Waals surface area (Å²) in [5, 5.41) is 3.12. The number of fused-ring (bicyclic) bond motifs is 2. The van der Waals surface area contributed by atoms with Gasteiger partial charge in [-0.2, -0.15) is 31.3 Å². The molecule has 0 bridgehead atoms. The molecule has 0 amide bonds. The fourth-order valence-corrected chi connectivity index (χ4v) is 6.15. The molecule has 1 atom stereocenters. The summed E-state index contributed by atoms with van der Waals surface area (Å²) in [5.41, 5.74) is -2.43. The molecule has 1 saturated heterocycles. The van der Waals surface area contributed by atoms with Crippen LogP contribution in [0, 0.1) is 5.92 Å². The van der Waals surface area contributed by atoms with Gasteiger partial charge in [-0.1, -0.05) is 25.0 Å². The third kappa shape index (κ3) is 4.56. The number of benzene rings is 1. The van der Waals surface area contributed by atoms with Crippen molar-refractivity contribution in [3.63, 3.8) is 0 Å². The molecule has 0 spiro atoms. The average Bonchev–Trinajstić information content (AvgIpc) is 3.66. The summed E-state index contributed by atoms with van der Waals surface area (Å²) >= 11 is 0. The molecule has 40 heavy (non-hydrogen) atoms. The number of halogens is 6. The van der Waals surface area contributed by atoms with Crippen LogP contribution in [0.4, 0.5) is 32.3 Å². The fourth-order valence-electron chi connectivity index (χ4n) is 6.15. The van der Waals surface area contributed by atoms with Crippen LogP contribution in [0.25, 0.3) is 11.2 Å². The summed E-state index contributed by atoms with van der Waals surface area (Å²) < 4.78 is 84.4. The van der Waals surface area contributed by atoms with Gasteiger partial charge in [0.25, 0.3) is 5.56 Å². The number of alkyl halides is 6. The van der Waals surface area contributed by atoms with Crippen molar-refractivity contribution in [2.45, 2.75) is 63.6 Å². The number of aromatic nitrogens is 4. The number of hydrogen-bond donors (Lipinski definition) is 1. The van der Waals surface area contributed by atoms with Gasteiger partial charge in [0.15, 0.2) is 11.2 Å². The monoisotopic (exact) mass is 568 g/mol. The Bertz CT molecular complexity index is 1610. The van der Waals surface area contributed by atoms with E-state index in [9.17, 15) is 35.9 Å². The summed E-state index contributed by atoms with van der Waals surface area (Å²) in [4.78, 5) is 33.6. The third-order valence-corrected chi connectivity index (χ3v) is 7.95. The van der Waals surface area contributed by atoms with Crippen molar-refractivity contribution in [1.82, 2.24) is 24.0 Å². The van der Waals surface area contributed by atoms with Gasteiger partial charge in [-0.15, -0.1) is 0 Å². The van der Waals surface area contributed by atoms with Crippen LogP contribution < -0.4 is 21.5 Å². The molecule has 1 N–H and O–H groups in total. The predicted molar refractivity (Wildman–Crippen MR) is 134 cm³/mol. The van der Waals surface area contributed by atoms with Crippen molar-refractivity contribution in [3.8, 4) is 0 Å². The highest BCUT2D eigenvalue weighted by Crippen LogP contribution is 2.37. The van der Waals surface area contributed by atoms with Gasteiger partial charge in [-0.25, -0.2) is 4.79 Å². The van der Waals surface area contributed by atoms with Crippen molar-refractivity contribution in [2.24, 2.45) is 5.92 Å². The van der Waals surface area contributed by atoms with E-state index >= 15 is 0 Å². The van der Waals surface area contributed by atoms with Crippen molar-refractivity contribution in [2.75, 3.05) is 18.0 Å². The van der Waals surface area contributed by atoms with Gasteiger partial charge in [0.05, 0.1) is 12.1 Å². The SMILES string of the molecule is O=c1c2c(nc(N3CCC4CNC=C43)n2Cc2cccc(C(F)(F)F)c2)n(CC(F)(F)F)c(=O)n1C1CCCC1. The molecule has 0 radical (unpaired) electrons. The van der Waals surface area contributed by atoms with Crippen molar-refractivity contribution in [1.29, 1.82) is 0 Å². The Hall–Kier alpha value is -3.71. The second kappa shape index (κ2) is 9.44.